The maximum absolute atomic E-state index is 6.38. The normalized spacial score (nSPS) is 21.3. The molecule has 2 aromatic heterocycles. The molecule has 0 fully saturated rings. The Labute approximate surface area is 153 Å². The van der Waals surface area contributed by atoms with E-state index in [0.29, 0.717) is 0 Å². The standard InChI is InChI=1S/C19H16N2O2S2/c1-22-16-5-2-4-13-15-10-14(17-6-3-8-25-17)20-21(15)19(23-18(13)16)12-7-9-24-11-12/h2-9,11,15,19H,10H2,1H3/t15-,19+/m0/s1. The van der Waals surface area contributed by atoms with Crippen molar-refractivity contribution in [2.24, 2.45) is 5.10 Å². The van der Waals surface area contributed by atoms with Crippen molar-refractivity contribution in [2.45, 2.75) is 18.7 Å². The lowest BCUT2D eigenvalue weighted by atomic mass is 9.97. The third-order valence-corrected chi connectivity index (χ3v) is 6.25. The third-order valence-electron chi connectivity index (χ3n) is 4.63. The fraction of sp³-hybridized carbons (Fsp3) is 0.211. The molecule has 0 amide bonds. The summed E-state index contributed by atoms with van der Waals surface area (Å²) < 4.78 is 11.9. The Morgan fingerprint density at radius 2 is 2.16 bits per heavy atom. The van der Waals surface area contributed by atoms with Crippen LogP contribution in [-0.4, -0.2) is 17.8 Å². The molecule has 0 spiro atoms. The second kappa shape index (κ2) is 5.89. The second-order valence-electron chi connectivity index (χ2n) is 6.03. The van der Waals surface area contributed by atoms with Crippen molar-refractivity contribution in [3.05, 3.63) is 68.5 Å². The number of benzene rings is 1. The Balaban J connectivity index is 1.63. The van der Waals surface area contributed by atoms with E-state index in [2.05, 4.69) is 45.4 Å². The summed E-state index contributed by atoms with van der Waals surface area (Å²) in [5.41, 5.74) is 3.39. The Bertz CT molecular complexity index is 919. The number of thiophene rings is 2. The summed E-state index contributed by atoms with van der Waals surface area (Å²) in [7, 11) is 1.69. The molecule has 0 radical (unpaired) electrons. The second-order valence-corrected chi connectivity index (χ2v) is 7.76. The number of ether oxygens (including phenoxy) is 2. The number of hydrogen-bond donors (Lipinski definition) is 0. The first-order valence-electron chi connectivity index (χ1n) is 8.10. The largest absolute Gasteiger partial charge is 0.493 e. The molecule has 3 aromatic rings. The van der Waals surface area contributed by atoms with E-state index in [1.54, 1.807) is 29.8 Å². The molecular formula is C19H16N2O2S2. The summed E-state index contributed by atoms with van der Waals surface area (Å²) in [6.45, 7) is 0. The van der Waals surface area contributed by atoms with E-state index in [1.807, 2.05) is 12.1 Å². The monoisotopic (exact) mass is 368 g/mol. The van der Waals surface area contributed by atoms with Gasteiger partial charge in [-0.15, -0.1) is 11.3 Å². The van der Waals surface area contributed by atoms with Crippen LogP contribution in [0.25, 0.3) is 0 Å². The van der Waals surface area contributed by atoms with Crippen molar-refractivity contribution >= 4 is 28.4 Å². The molecule has 5 rings (SSSR count). The molecule has 0 aliphatic carbocycles. The lowest BCUT2D eigenvalue weighted by Gasteiger charge is -2.38. The zero-order valence-corrected chi connectivity index (χ0v) is 15.2. The van der Waals surface area contributed by atoms with Crippen molar-refractivity contribution in [1.29, 1.82) is 0 Å². The van der Waals surface area contributed by atoms with Gasteiger partial charge in [-0.05, 0) is 34.3 Å². The van der Waals surface area contributed by atoms with Gasteiger partial charge in [-0.3, -0.25) is 0 Å². The first-order chi connectivity index (χ1) is 12.3. The number of para-hydroxylation sites is 1. The molecule has 2 aliphatic heterocycles. The molecule has 0 saturated heterocycles. The van der Waals surface area contributed by atoms with Crippen molar-refractivity contribution in [3.63, 3.8) is 0 Å². The molecule has 4 heterocycles. The highest BCUT2D eigenvalue weighted by Gasteiger charge is 2.42. The van der Waals surface area contributed by atoms with Crippen LogP contribution in [0.2, 0.25) is 0 Å². The van der Waals surface area contributed by atoms with Crippen LogP contribution in [0, 0.1) is 0 Å². The smallest absolute Gasteiger partial charge is 0.214 e. The number of hydrogen-bond acceptors (Lipinski definition) is 6. The van der Waals surface area contributed by atoms with E-state index < -0.39 is 0 Å². The summed E-state index contributed by atoms with van der Waals surface area (Å²) in [5, 5.41) is 13.4. The summed E-state index contributed by atoms with van der Waals surface area (Å²) in [6, 6.07) is 12.6. The lowest BCUT2D eigenvalue weighted by molar-refractivity contribution is -0.0206. The Kier molecular flexibility index (Phi) is 3.53. The van der Waals surface area contributed by atoms with Gasteiger partial charge in [-0.1, -0.05) is 18.2 Å². The van der Waals surface area contributed by atoms with Gasteiger partial charge in [-0.25, -0.2) is 5.01 Å². The molecule has 0 N–H and O–H groups in total. The van der Waals surface area contributed by atoms with Gasteiger partial charge in [0, 0.05) is 17.5 Å². The molecule has 0 unspecified atom stereocenters. The minimum absolute atomic E-state index is 0.167. The average Bonchev–Trinajstić information content (AvgIpc) is 3.41. The summed E-state index contributed by atoms with van der Waals surface area (Å²) in [5.74, 6) is 1.62. The van der Waals surface area contributed by atoms with Gasteiger partial charge in [0.1, 0.15) is 0 Å². The average molecular weight is 368 g/mol. The minimum atomic E-state index is -0.225. The number of hydrazone groups is 1. The maximum atomic E-state index is 6.38. The van der Waals surface area contributed by atoms with Crippen LogP contribution in [-0.2, 0) is 0 Å². The van der Waals surface area contributed by atoms with Gasteiger partial charge in [0.2, 0.25) is 6.23 Å². The Hall–Kier alpha value is -2.31. The molecule has 6 heteroatoms. The van der Waals surface area contributed by atoms with Crippen molar-refractivity contribution in [3.8, 4) is 11.5 Å². The number of nitrogens with zero attached hydrogens (tertiary/aromatic N) is 2. The van der Waals surface area contributed by atoms with Crippen LogP contribution >= 0.6 is 22.7 Å². The quantitative estimate of drug-likeness (QED) is 0.648. The summed E-state index contributed by atoms with van der Waals surface area (Å²) in [6.07, 6.45) is 0.655. The van der Waals surface area contributed by atoms with Crippen LogP contribution in [0.4, 0.5) is 0 Å². The Morgan fingerprint density at radius 1 is 1.20 bits per heavy atom. The number of fused-ring (bicyclic) bond motifs is 3. The zero-order chi connectivity index (χ0) is 16.8. The molecule has 1 aromatic carbocycles. The highest BCUT2D eigenvalue weighted by molar-refractivity contribution is 7.12. The number of methoxy groups -OCH3 is 1. The van der Waals surface area contributed by atoms with Gasteiger partial charge in [0.05, 0.1) is 23.7 Å². The van der Waals surface area contributed by atoms with Crippen molar-refractivity contribution in [2.75, 3.05) is 7.11 Å². The van der Waals surface area contributed by atoms with E-state index >= 15 is 0 Å². The molecule has 4 nitrogen and oxygen atoms in total. The van der Waals surface area contributed by atoms with Crippen molar-refractivity contribution < 1.29 is 9.47 Å². The summed E-state index contributed by atoms with van der Waals surface area (Å²) in [4.78, 5) is 1.22. The number of rotatable bonds is 3. The van der Waals surface area contributed by atoms with E-state index in [4.69, 9.17) is 14.6 Å². The van der Waals surface area contributed by atoms with E-state index in [0.717, 1.165) is 34.8 Å². The molecule has 126 valence electrons. The van der Waals surface area contributed by atoms with Gasteiger partial charge in [-0.2, -0.15) is 16.4 Å². The van der Waals surface area contributed by atoms with Gasteiger partial charge in [0.25, 0.3) is 0 Å². The highest BCUT2D eigenvalue weighted by Crippen LogP contribution is 2.50. The van der Waals surface area contributed by atoms with Crippen LogP contribution < -0.4 is 9.47 Å². The molecule has 25 heavy (non-hydrogen) atoms. The van der Waals surface area contributed by atoms with Gasteiger partial charge >= 0.3 is 0 Å². The van der Waals surface area contributed by atoms with Crippen LogP contribution in [0.15, 0.2) is 57.6 Å². The predicted octanol–water partition coefficient (Wildman–Crippen LogP) is 5.06. The van der Waals surface area contributed by atoms with E-state index in [9.17, 15) is 0 Å². The molecule has 0 bridgehead atoms. The first-order valence-corrected chi connectivity index (χ1v) is 9.93. The van der Waals surface area contributed by atoms with Gasteiger partial charge in [0.15, 0.2) is 11.5 Å². The zero-order valence-electron chi connectivity index (χ0n) is 13.6. The first kappa shape index (κ1) is 15.0. The molecule has 2 aliphatic rings. The van der Waals surface area contributed by atoms with E-state index in [1.165, 1.54) is 4.88 Å². The lowest BCUT2D eigenvalue weighted by Crippen LogP contribution is -2.33. The third kappa shape index (κ3) is 2.36. The molecule has 0 saturated carbocycles. The van der Waals surface area contributed by atoms with Crippen molar-refractivity contribution in [1.82, 2.24) is 5.01 Å². The Morgan fingerprint density at radius 3 is 2.92 bits per heavy atom. The fourth-order valence-electron chi connectivity index (χ4n) is 3.47. The van der Waals surface area contributed by atoms with Crippen LogP contribution in [0.1, 0.15) is 34.7 Å². The van der Waals surface area contributed by atoms with Crippen LogP contribution in [0.5, 0.6) is 11.5 Å². The topological polar surface area (TPSA) is 34.1 Å². The fourth-order valence-corrected chi connectivity index (χ4v) is 4.86. The maximum Gasteiger partial charge on any atom is 0.214 e. The van der Waals surface area contributed by atoms with Gasteiger partial charge < -0.3 is 9.47 Å². The minimum Gasteiger partial charge on any atom is -0.493 e. The summed E-state index contributed by atoms with van der Waals surface area (Å²) >= 11 is 3.41. The predicted molar refractivity (Wildman–Crippen MR) is 101 cm³/mol. The van der Waals surface area contributed by atoms with E-state index in [-0.39, 0.29) is 12.3 Å². The SMILES string of the molecule is COc1cccc2c1O[C@H](c1ccsc1)N1N=C(c3cccs3)C[C@@H]21. The highest BCUT2D eigenvalue weighted by atomic mass is 32.1. The molecule has 2 atom stereocenters. The molecular weight excluding hydrogens is 352 g/mol. The van der Waals surface area contributed by atoms with Crippen LogP contribution in [0.3, 0.4) is 0 Å².